The molecule has 2 heterocycles. The van der Waals surface area contributed by atoms with Crippen molar-refractivity contribution in [2.24, 2.45) is 0 Å². The van der Waals surface area contributed by atoms with Crippen LogP contribution in [0.5, 0.6) is 0 Å². The molecule has 0 radical (unpaired) electrons. The molecule has 3 rings (SSSR count). The number of amides is 2. The second-order valence-corrected chi connectivity index (χ2v) is 5.85. The van der Waals surface area contributed by atoms with Gasteiger partial charge in [-0.05, 0) is 53.6 Å². The van der Waals surface area contributed by atoms with Gasteiger partial charge in [-0.3, -0.25) is 9.59 Å². The highest BCUT2D eigenvalue weighted by atomic mass is 16.2. The molecule has 0 aliphatic heterocycles. The number of hydrogen-bond donors (Lipinski definition) is 2. The Morgan fingerprint density at radius 2 is 1.21 bits per heavy atom. The summed E-state index contributed by atoms with van der Waals surface area (Å²) in [5, 5.41) is 5.40. The number of nitrogens with one attached hydrogen (secondary N) is 2. The molecule has 0 spiro atoms. The van der Waals surface area contributed by atoms with Gasteiger partial charge in [0.25, 0.3) is 11.8 Å². The second kappa shape index (κ2) is 8.55. The average molecular weight is 370 g/mol. The van der Waals surface area contributed by atoms with E-state index in [1.807, 2.05) is 0 Å². The first-order chi connectivity index (χ1) is 13.6. The zero-order chi connectivity index (χ0) is 19.9. The van der Waals surface area contributed by atoms with E-state index in [0.717, 1.165) is 11.1 Å². The van der Waals surface area contributed by atoms with E-state index in [-0.39, 0.29) is 11.8 Å². The fourth-order valence-corrected chi connectivity index (χ4v) is 2.38. The van der Waals surface area contributed by atoms with Crippen LogP contribution in [0, 0.1) is 0 Å². The molecule has 0 atom stereocenters. The van der Waals surface area contributed by atoms with Crippen LogP contribution in [0.3, 0.4) is 0 Å². The zero-order valence-electron chi connectivity index (χ0n) is 15.1. The van der Waals surface area contributed by atoms with E-state index >= 15 is 0 Å². The largest absolute Gasteiger partial charge is 0.307 e. The van der Waals surface area contributed by atoms with Crippen LogP contribution in [0.4, 0.5) is 11.6 Å². The number of aromatic nitrogens is 2. The molecule has 0 bridgehead atoms. The third-order valence-electron chi connectivity index (χ3n) is 3.91. The van der Waals surface area contributed by atoms with Gasteiger partial charge in [0.15, 0.2) is 0 Å². The maximum Gasteiger partial charge on any atom is 0.256 e. The number of benzene rings is 1. The molecule has 1 aromatic carbocycles. The third-order valence-corrected chi connectivity index (χ3v) is 3.91. The zero-order valence-corrected chi connectivity index (χ0v) is 15.1. The Morgan fingerprint density at radius 3 is 1.57 bits per heavy atom. The first-order valence-electron chi connectivity index (χ1n) is 8.49. The summed E-state index contributed by atoms with van der Waals surface area (Å²) in [5.41, 5.74) is 2.40. The predicted molar refractivity (Wildman–Crippen MR) is 111 cm³/mol. The molecule has 3 aromatic rings. The van der Waals surface area contributed by atoms with E-state index in [0.29, 0.717) is 22.8 Å². The van der Waals surface area contributed by atoms with Crippen molar-refractivity contribution in [1.29, 1.82) is 0 Å². The summed E-state index contributed by atoms with van der Waals surface area (Å²) in [6.07, 6.45) is 6.55. The normalized spacial score (nSPS) is 10.0. The minimum Gasteiger partial charge on any atom is -0.307 e. The molecule has 0 unspecified atom stereocenters. The molecule has 2 aromatic heterocycles. The lowest BCUT2D eigenvalue weighted by Crippen LogP contribution is -2.16. The van der Waals surface area contributed by atoms with Crippen molar-refractivity contribution in [2.45, 2.75) is 0 Å². The number of pyridine rings is 2. The Labute approximate surface area is 162 Å². The topological polar surface area (TPSA) is 84.0 Å². The van der Waals surface area contributed by atoms with Gasteiger partial charge in [0.1, 0.15) is 11.6 Å². The van der Waals surface area contributed by atoms with Crippen LogP contribution in [-0.4, -0.2) is 21.8 Å². The summed E-state index contributed by atoms with van der Waals surface area (Å²) in [4.78, 5) is 33.2. The molecule has 0 aliphatic carbocycles. The summed E-state index contributed by atoms with van der Waals surface area (Å²) in [6, 6.07) is 13.4. The van der Waals surface area contributed by atoms with Gasteiger partial charge in [-0.1, -0.05) is 31.4 Å². The lowest BCUT2D eigenvalue weighted by Gasteiger charge is -2.08. The molecule has 6 heteroatoms. The van der Waals surface area contributed by atoms with Gasteiger partial charge in [-0.2, -0.15) is 0 Å². The quantitative estimate of drug-likeness (QED) is 0.679. The molecule has 2 N–H and O–H groups in total. The monoisotopic (exact) mass is 370 g/mol. The van der Waals surface area contributed by atoms with E-state index in [1.54, 1.807) is 67.0 Å². The molecular weight excluding hydrogens is 352 g/mol. The Hall–Kier alpha value is -4.06. The lowest BCUT2D eigenvalue weighted by molar-refractivity contribution is 0.102. The van der Waals surface area contributed by atoms with Crippen molar-refractivity contribution in [2.75, 3.05) is 10.6 Å². The third kappa shape index (κ3) is 4.56. The van der Waals surface area contributed by atoms with E-state index in [2.05, 4.69) is 33.8 Å². The summed E-state index contributed by atoms with van der Waals surface area (Å²) in [7, 11) is 0. The molecule has 0 fully saturated rings. The van der Waals surface area contributed by atoms with Gasteiger partial charge in [-0.15, -0.1) is 0 Å². The van der Waals surface area contributed by atoms with Crippen molar-refractivity contribution < 1.29 is 9.59 Å². The fraction of sp³-hybridized carbons (Fsp3) is 0. The molecule has 28 heavy (non-hydrogen) atoms. The fourth-order valence-electron chi connectivity index (χ4n) is 2.38. The van der Waals surface area contributed by atoms with E-state index in [1.165, 1.54) is 6.07 Å². The van der Waals surface area contributed by atoms with E-state index in [9.17, 15) is 9.59 Å². The Kier molecular flexibility index (Phi) is 5.72. The number of carbonyl (C=O) groups is 2. The van der Waals surface area contributed by atoms with Gasteiger partial charge < -0.3 is 10.6 Å². The minimum atomic E-state index is -0.359. The summed E-state index contributed by atoms with van der Waals surface area (Å²) in [6.45, 7) is 7.32. The standard InChI is InChI=1S/C22H18N4O2/c1-3-15-8-10-19(23-13-15)25-21(27)17-6-5-7-18(12-17)22(28)26-20-11-9-16(4-2)14-24-20/h3-14H,1-2H2,(H,23,25,27)(H,24,26,28). The number of rotatable bonds is 6. The van der Waals surface area contributed by atoms with Crippen LogP contribution in [0.1, 0.15) is 31.8 Å². The van der Waals surface area contributed by atoms with E-state index < -0.39 is 0 Å². The van der Waals surface area contributed by atoms with Crippen molar-refractivity contribution >= 4 is 35.6 Å². The van der Waals surface area contributed by atoms with Crippen molar-refractivity contribution in [3.8, 4) is 0 Å². The van der Waals surface area contributed by atoms with Crippen LogP contribution < -0.4 is 10.6 Å². The maximum atomic E-state index is 12.4. The van der Waals surface area contributed by atoms with E-state index in [4.69, 9.17) is 0 Å². The molecule has 0 saturated heterocycles. The number of anilines is 2. The van der Waals surface area contributed by atoms with Gasteiger partial charge in [0.2, 0.25) is 0 Å². The first kappa shape index (κ1) is 18.7. The average Bonchev–Trinajstić information content (AvgIpc) is 2.75. The van der Waals surface area contributed by atoms with Crippen LogP contribution in [0.15, 0.2) is 74.1 Å². The van der Waals surface area contributed by atoms with Crippen LogP contribution >= 0.6 is 0 Å². The maximum absolute atomic E-state index is 12.4. The Bertz CT molecular complexity index is 944. The number of nitrogens with zero attached hydrogens (tertiary/aromatic N) is 2. The molecule has 0 aliphatic rings. The molecule has 2 amide bonds. The molecule has 0 saturated carbocycles. The van der Waals surface area contributed by atoms with Gasteiger partial charge in [0.05, 0.1) is 0 Å². The number of hydrogen-bond acceptors (Lipinski definition) is 4. The van der Waals surface area contributed by atoms with Crippen molar-refractivity contribution in [3.63, 3.8) is 0 Å². The second-order valence-electron chi connectivity index (χ2n) is 5.85. The van der Waals surface area contributed by atoms with Gasteiger partial charge >= 0.3 is 0 Å². The summed E-state index contributed by atoms with van der Waals surface area (Å²) < 4.78 is 0. The Morgan fingerprint density at radius 1 is 0.750 bits per heavy atom. The van der Waals surface area contributed by atoms with Crippen LogP contribution in [0.25, 0.3) is 12.2 Å². The van der Waals surface area contributed by atoms with Crippen LogP contribution in [-0.2, 0) is 0 Å². The lowest BCUT2D eigenvalue weighted by atomic mass is 10.1. The molecule has 138 valence electrons. The molecular formula is C22H18N4O2. The van der Waals surface area contributed by atoms with Gasteiger partial charge in [0, 0.05) is 23.5 Å². The van der Waals surface area contributed by atoms with Crippen molar-refractivity contribution in [3.05, 3.63) is 96.3 Å². The molecule has 6 nitrogen and oxygen atoms in total. The Balaban J connectivity index is 1.70. The van der Waals surface area contributed by atoms with Crippen LogP contribution in [0.2, 0.25) is 0 Å². The highest BCUT2D eigenvalue weighted by Gasteiger charge is 2.12. The minimum absolute atomic E-state index is 0.345. The highest BCUT2D eigenvalue weighted by molar-refractivity contribution is 6.08. The van der Waals surface area contributed by atoms with Crippen molar-refractivity contribution in [1.82, 2.24) is 9.97 Å². The SMILES string of the molecule is C=Cc1ccc(NC(=O)c2cccc(C(=O)Nc3ccc(C=C)cn3)c2)nc1. The predicted octanol–water partition coefficient (Wildman–Crippen LogP) is 4.27. The summed E-state index contributed by atoms with van der Waals surface area (Å²) >= 11 is 0. The number of carbonyl (C=O) groups excluding carboxylic acids is 2. The highest BCUT2D eigenvalue weighted by Crippen LogP contribution is 2.12. The first-order valence-corrected chi connectivity index (χ1v) is 8.49. The smallest absolute Gasteiger partial charge is 0.256 e. The van der Waals surface area contributed by atoms with Gasteiger partial charge in [-0.25, -0.2) is 9.97 Å². The summed E-state index contributed by atoms with van der Waals surface area (Å²) in [5.74, 6) is 0.109.